The van der Waals surface area contributed by atoms with E-state index in [1.54, 1.807) is 0 Å². The minimum absolute atomic E-state index is 0.940. The van der Waals surface area contributed by atoms with Crippen molar-refractivity contribution in [3.05, 3.63) is 107 Å². The first-order valence-corrected chi connectivity index (χ1v) is 21.0. The normalized spacial score (nSPS) is 10.1. The molecule has 0 nitrogen and oxygen atoms in total. The molecule has 0 spiro atoms. The van der Waals surface area contributed by atoms with E-state index in [-0.39, 0.29) is 0 Å². The Hall–Kier alpha value is -1.95. The van der Waals surface area contributed by atoms with Gasteiger partial charge in [-0.1, -0.05) is 66.1 Å². The van der Waals surface area contributed by atoms with Gasteiger partial charge in [0.25, 0.3) is 14.8 Å². The van der Waals surface area contributed by atoms with Crippen LogP contribution in [0, 0.1) is 45.9 Å². The maximum absolute atomic E-state index is 3.35. The molecule has 0 heterocycles. The third-order valence-corrected chi connectivity index (χ3v) is 9.68. The van der Waals surface area contributed by atoms with Crippen LogP contribution in [0.4, 0.5) is 0 Å². The first-order valence-electron chi connectivity index (χ1n) is 9.80. The van der Waals surface area contributed by atoms with Crippen molar-refractivity contribution in [2.75, 3.05) is 0 Å². The predicted octanol–water partition coefficient (Wildman–Crippen LogP) is 5.03. The van der Waals surface area contributed by atoms with E-state index in [0.29, 0.717) is 0 Å². The average Bonchev–Trinajstić information content (AvgIpc) is 2.81. The Balaban J connectivity index is 1.75. The Morgan fingerprint density at radius 2 is 0.719 bits per heavy atom. The van der Waals surface area contributed by atoms with Crippen molar-refractivity contribution in [1.29, 1.82) is 0 Å². The zero-order chi connectivity index (χ0) is 22.9. The molecule has 0 aliphatic heterocycles. The first-order chi connectivity index (χ1) is 15.3. The molecule has 0 saturated heterocycles. The summed E-state index contributed by atoms with van der Waals surface area (Å²) < 4.78 is 0. The molecule has 4 atom stereocenters. The Labute approximate surface area is 202 Å². The van der Waals surface area contributed by atoms with E-state index >= 15 is 0 Å². The van der Waals surface area contributed by atoms with Gasteiger partial charge in [0.15, 0.2) is 0 Å². The van der Waals surface area contributed by atoms with Gasteiger partial charge in [-0.25, -0.2) is 0 Å². The maximum atomic E-state index is 3.35. The second kappa shape index (κ2) is 11.8. The average molecular weight is 515 g/mol. The largest absolute Gasteiger partial charge is 0.253 e. The summed E-state index contributed by atoms with van der Waals surface area (Å²) in [5, 5.41) is 0. The lowest BCUT2D eigenvalue weighted by Gasteiger charge is -2.04. The van der Waals surface area contributed by atoms with E-state index in [0.717, 1.165) is 22.3 Å². The minimum Gasteiger partial charge on any atom is -0.120 e. The van der Waals surface area contributed by atoms with Crippen LogP contribution in [-0.2, 0) is 0 Å². The summed E-state index contributed by atoms with van der Waals surface area (Å²) in [7, 11) is 7.12. The molecule has 4 unspecified atom stereocenters. The zero-order valence-corrected chi connectivity index (χ0v) is 24.0. The van der Waals surface area contributed by atoms with Crippen LogP contribution in [0.3, 0.4) is 0 Å². The summed E-state index contributed by atoms with van der Waals surface area (Å²) in [6.07, 6.45) is 0. The molecule has 0 aliphatic rings. The number of benzene rings is 3. The zero-order valence-electron chi connectivity index (χ0n) is 17.4. The lowest BCUT2D eigenvalue weighted by Crippen LogP contribution is -2.12. The Morgan fingerprint density at radius 3 is 1.09 bits per heavy atom. The van der Waals surface area contributed by atoms with Crippen LogP contribution >= 0.6 is 35.2 Å². The van der Waals surface area contributed by atoms with Crippen LogP contribution in [-0.4, -0.2) is 14.8 Å². The summed E-state index contributed by atoms with van der Waals surface area (Å²) >= 11 is 0. The van der Waals surface area contributed by atoms with Crippen molar-refractivity contribution in [2.24, 2.45) is 0 Å². The van der Waals surface area contributed by atoms with Crippen molar-refractivity contribution >= 4 is 50.0 Å². The van der Waals surface area contributed by atoms with E-state index in [4.69, 9.17) is 0 Å². The summed E-state index contributed by atoms with van der Waals surface area (Å²) in [6, 6.07) is 28.0. The molecule has 3 aromatic rings. The van der Waals surface area contributed by atoms with Gasteiger partial charge in [0.05, 0.1) is 0 Å². The summed E-state index contributed by atoms with van der Waals surface area (Å²) in [5.41, 5.74) is 17.3. The van der Waals surface area contributed by atoms with Crippen molar-refractivity contribution in [3.8, 4) is 45.9 Å². The van der Waals surface area contributed by atoms with Crippen molar-refractivity contribution in [1.82, 2.24) is 0 Å². The highest BCUT2D eigenvalue weighted by atomic mass is 31.6. The molecule has 154 valence electrons. The topological polar surface area (TPSA) is 0 Å². The highest BCUT2D eigenvalue weighted by Crippen LogP contribution is 2.20. The quantitative estimate of drug-likeness (QED) is 0.224. The molecule has 0 bridgehead atoms. The minimum atomic E-state index is -2.12. The van der Waals surface area contributed by atoms with Gasteiger partial charge < -0.3 is 0 Å². The predicted molar refractivity (Wildman–Crippen MR) is 157 cm³/mol. The van der Waals surface area contributed by atoms with Gasteiger partial charge in [-0.05, 0) is 42.5 Å². The van der Waals surface area contributed by atoms with Crippen LogP contribution in [0.15, 0.2) is 84.9 Å². The first kappa shape index (κ1) is 24.7. The maximum Gasteiger partial charge on any atom is 0.253 e. The van der Waals surface area contributed by atoms with Crippen molar-refractivity contribution in [2.45, 2.75) is 0 Å². The van der Waals surface area contributed by atoms with Crippen LogP contribution < -0.4 is 0 Å². The number of hydrogen-bond acceptors (Lipinski definition) is 0. The van der Waals surface area contributed by atoms with Gasteiger partial charge in [-0.2, -0.15) is 0 Å². The number of hydrogen-bond donors (Lipinski definition) is 0. The molecule has 0 amide bonds. The Morgan fingerprint density at radius 1 is 0.406 bits per heavy atom. The third kappa shape index (κ3) is 8.89. The van der Waals surface area contributed by atoms with Gasteiger partial charge in [0.1, 0.15) is 0 Å². The lowest BCUT2D eigenvalue weighted by molar-refractivity contribution is 1.60. The monoisotopic (exact) mass is 514 g/mol. The standard InChI is InChI=1S/C26H22P4Si2/c27-31(28,18-14-23-8-3-1-4-9-23)20-16-25-12-7-13-26(22-25)17-21-32(29,30)19-15-24-10-5-2-6-11-24/h1-13,22H,27-30H2. The van der Waals surface area contributed by atoms with E-state index < -0.39 is 14.8 Å². The molecule has 0 saturated carbocycles. The lowest BCUT2D eigenvalue weighted by atomic mass is 10.1. The van der Waals surface area contributed by atoms with Crippen molar-refractivity contribution < 1.29 is 0 Å². The molecule has 0 aromatic heterocycles. The second-order valence-corrected chi connectivity index (χ2v) is 26.5. The molecule has 0 radical (unpaired) electrons. The fraction of sp³-hybridized carbons (Fsp3) is 0. The van der Waals surface area contributed by atoms with Gasteiger partial charge in [0.2, 0.25) is 0 Å². The summed E-state index contributed by atoms with van der Waals surface area (Å²) in [4.78, 5) is 0. The highest BCUT2D eigenvalue weighted by Gasteiger charge is 2.15. The molecular formula is C26H22P4Si2. The van der Waals surface area contributed by atoms with E-state index in [2.05, 4.69) is 81.0 Å². The van der Waals surface area contributed by atoms with Crippen LogP contribution in [0.25, 0.3) is 0 Å². The van der Waals surface area contributed by atoms with Crippen LogP contribution in [0.5, 0.6) is 0 Å². The fourth-order valence-electron chi connectivity index (χ4n) is 2.48. The Bertz CT molecular complexity index is 1230. The second-order valence-electron chi connectivity index (χ2n) is 7.05. The third-order valence-electron chi connectivity index (χ3n) is 4.06. The molecule has 6 heteroatoms. The van der Waals surface area contributed by atoms with Gasteiger partial charge in [0, 0.05) is 22.3 Å². The van der Waals surface area contributed by atoms with E-state index in [1.807, 2.05) is 84.9 Å². The Kier molecular flexibility index (Phi) is 9.09. The SMILES string of the molecule is P[Si](P)(C#Cc1ccccc1)C#Cc1cccc(C#C[Si](P)(P)C#Cc2ccccc2)c1. The fourth-order valence-corrected chi connectivity index (χ4v) is 5.74. The molecular weight excluding hydrogens is 492 g/mol. The summed E-state index contributed by atoms with van der Waals surface area (Å²) in [5.74, 6) is 13.0. The molecule has 0 fully saturated rings. The van der Waals surface area contributed by atoms with E-state index in [9.17, 15) is 0 Å². The van der Waals surface area contributed by atoms with Crippen molar-refractivity contribution in [3.63, 3.8) is 0 Å². The van der Waals surface area contributed by atoms with Crippen LogP contribution in [0.2, 0.25) is 0 Å². The summed E-state index contributed by atoms with van der Waals surface area (Å²) in [6.45, 7) is 0. The molecule has 32 heavy (non-hydrogen) atoms. The molecule has 0 aliphatic carbocycles. The highest BCUT2D eigenvalue weighted by molar-refractivity contribution is 8.04. The van der Waals surface area contributed by atoms with E-state index in [1.165, 1.54) is 0 Å². The van der Waals surface area contributed by atoms with Gasteiger partial charge in [-0.15, -0.1) is 57.3 Å². The smallest absolute Gasteiger partial charge is 0.120 e. The molecule has 0 N–H and O–H groups in total. The van der Waals surface area contributed by atoms with Gasteiger partial charge >= 0.3 is 0 Å². The molecule has 3 aromatic carbocycles. The molecule has 3 rings (SSSR count). The van der Waals surface area contributed by atoms with Crippen LogP contribution in [0.1, 0.15) is 22.3 Å². The number of rotatable bonds is 0. The van der Waals surface area contributed by atoms with Gasteiger partial charge in [-0.3, -0.25) is 0 Å².